The molecule has 0 amide bonds. The predicted octanol–water partition coefficient (Wildman–Crippen LogP) is 17.4. The van der Waals surface area contributed by atoms with Gasteiger partial charge in [0.15, 0.2) is 0 Å². The Kier molecular flexibility index (Phi) is 8.52. The average molecular weight is 949 g/mol. The van der Waals surface area contributed by atoms with Gasteiger partial charge in [-0.25, -0.2) is 4.98 Å². The normalized spacial score (nSPS) is 12.1. The fourth-order valence-corrected chi connectivity index (χ4v) is 13.2. The molecule has 0 unspecified atom stereocenters. The quantitative estimate of drug-likeness (QED) is 0.167. The minimum atomic E-state index is 0.844. The van der Waals surface area contributed by atoms with Crippen molar-refractivity contribution in [2.75, 3.05) is 0 Å². The van der Waals surface area contributed by atoms with Crippen LogP contribution in [-0.2, 0) is 0 Å². The first-order valence-corrected chi connectivity index (χ1v) is 25.6. The summed E-state index contributed by atoms with van der Waals surface area (Å²) in [6, 6.07) is 86.1. The van der Waals surface area contributed by atoms with Crippen molar-refractivity contribution < 1.29 is 0 Å². The van der Waals surface area contributed by atoms with E-state index in [0.29, 0.717) is 0 Å². The smallest absolute Gasteiger partial charge is 0.129 e. The highest BCUT2D eigenvalue weighted by molar-refractivity contribution is 7.21. The Bertz CT molecular complexity index is 4430. The lowest BCUT2D eigenvalue weighted by Gasteiger charge is -2.30. The summed E-state index contributed by atoms with van der Waals surface area (Å²) in [7, 11) is 0. The number of pyridine rings is 1. The van der Waals surface area contributed by atoms with Gasteiger partial charge >= 0.3 is 0 Å². The molecular weight excluding hydrogens is 909 g/mol. The van der Waals surface area contributed by atoms with E-state index in [9.17, 15) is 0 Å². The fourth-order valence-electron chi connectivity index (χ4n) is 12.2. The lowest BCUT2D eigenvalue weighted by atomic mass is 9.95. The molecule has 6 aromatic heterocycles. The summed E-state index contributed by atoms with van der Waals surface area (Å²) in [6.45, 7) is 0. The molecule has 16 aromatic rings. The molecule has 10 aromatic carbocycles. The molecule has 73 heavy (non-hydrogen) atoms. The van der Waals surface area contributed by atoms with Crippen molar-refractivity contribution in [1.82, 2.24) is 28.2 Å². The minimum absolute atomic E-state index is 0.844. The number of hydrogen-bond donors (Lipinski definition) is 0. The van der Waals surface area contributed by atoms with E-state index in [1.807, 2.05) is 12.3 Å². The van der Waals surface area contributed by atoms with Crippen LogP contribution in [-0.4, -0.2) is 28.2 Å². The molecule has 0 bridgehead atoms. The van der Waals surface area contributed by atoms with Crippen molar-refractivity contribution in [2.24, 2.45) is 0 Å². The van der Waals surface area contributed by atoms with Crippen LogP contribution in [0.5, 0.6) is 0 Å². The molecule has 0 saturated carbocycles. The zero-order valence-corrected chi connectivity index (χ0v) is 40.0. The molecular formula is C66H40N6S. The van der Waals surface area contributed by atoms with Crippen molar-refractivity contribution in [3.63, 3.8) is 0 Å². The topological polar surface area (TPSA) is 45.5 Å². The number of hydrogen-bond acceptors (Lipinski definition) is 3. The van der Waals surface area contributed by atoms with Crippen LogP contribution >= 0.6 is 11.3 Å². The first-order valence-electron chi connectivity index (χ1n) is 24.8. The van der Waals surface area contributed by atoms with E-state index in [2.05, 4.69) is 249 Å². The van der Waals surface area contributed by atoms with Gasteiger partial charge in [-0.05, 0) is 72.8 Å². The van der Waals surface area contributed by atoms with Crippen molar-refractivity contribution in [3.05, 3.63) is 243 Å². The summed E-state index contributed by atoms with van der Waals surface area (Å²) >= 11 is 1.75. The Morgan fingerprint density at radius 2 is 0.562 bits per heavy atom. The standard InChI is InChI=1S/C66H40N6S/c1-10-31-51-41(21-1)42-22-2-11-32-52(42)69(51)62-60(50-30-19-20-40-67-50)63(70-53-33-12-3-23-43(53)44-24-4-13-34-54(44)70)65(72-57-37-16-7-27-47(57)48-28-8-17-38-58(48)72)61(66-68-49-29-9-18-39-59(49)73-66)64(62)71-55-35-14-5-25-45(55)46-26-6-15-36-56(46)71/h1-40H. The number of thiazole rings is 1. The predicted molar refractivity (Wildman–Crippen MR) is 306 cm³/mol. The fraction of sp³-hybridized carbons (Fsp3) is 0. The van der Waals surface area contributed by atoms with Gasteiger partial charge in [-0.1, -0.05) is 164 Å². The molecule has 0 N–H and O–H groups in total. The Morgan fingerprint density at radius 3 is 0.877 bits per heavy atom. The summed E-state index contributed by atoms with van der Waals surface area (Å²) in [4.78, 5) is 11.3. The van der Waals surface area contributed by atoms with E-state index in [1.165, 1.54) is 43.1 Å². The number of rotatable bonds is 6. The number of aromatic nitrogens is 6. The van der Waals surface area contributed by atoms with Crippen molar-refractivity contribution >= 4 is 109 Å². The van der Waals surface area contributed by atoms with Gasteiger partial charge in [-0.2, -0.15) is 0 Å². The number of nitrogens with zero attached hydrogens (tertiary/aromatic N) is 6. The number of fused-ring (bicyclic) bond motifs is 13. The van der Waals surface area contributed by atoms with Gasteiger partial charge in [-0.15, -0.1) is 11.3 Å². The molecule has 0 radical (unpaired) electrons. The van der Waals surface area contributed by atoms with Crippen molar-refractivity contribution in [3.8, 4) is 44.6 Å². The van der Waals surface area contributed by atoms with Crippen molar-refractivity contribution in [1.29, 1.82) is 0 Å². The van der Waals surface area contributed by atoms with Gasteiger partial charge in [-0.3, -0.25) is 4.98 Å². The second kappa shape index (κ2) is 15.5. The highest BCUT2D eigenvalue weighted by Gasteiger charge is 2.36. The van der Waals surface area contributed by atoms with Gasteiger partial charge in [0.1, 0.15) is 5.01 Å². The molecule has 7 heteroatoms. The van der Waals surface area contributed by atoms with E-state index in [1.54, 1.807) is 11.3 Å². The Morgan fingerprint density at radius 1 is 0.274 bits per heavy atom. The summed E-state index contributed by atoms with van der Waals surface area (Å²) in [6.07, 6.45) is 1.95. The average Bonchev–Trinajstić information content (AvgIpc) is 4.27. The first kappa shape index (κ1) is 40.2. The monoisotopic (exact) mass is 948 g/mol. The van der Waals surface area contributed by atoms with E-state index in [-0.39, 0.29) is 0 Å². The second-order valence-corrected chi connectivity index (χ2v) is 19.9. The molecule has 6 nitrogen and oxygen atoms in total. The van der Waals surface area contributed by atoms with Crippen LogP contribution in [0.25, 0.3) is 142 Å². The highest BCUT2D eigenvalue weighted by Crippen LogP contribution is 2.55. The summed E-state index contributed by atoms with van der Waals surface area (Å²) in [5, 5.41) is 10.3. The van der Waals surface area contributed by atoms with Crippen LogP contribution in [0.4, 0.5) is 0 Å². The van der Waals surface area contributed by atoms with Crippen LogP contribution < -0.4 is 0 Å². The van der Waals surface area contributed by atoms with Crippen LogP contribution in [0.1, 0.15) is 0 Å². The zero-order chi connectivity index (χ0) is 47.7. The van der Waals surface area contributed by atoms with Gasteiger partial charge < -0.3 is 18.3 Å². The van der Waals surface area contributed by atoms with Crippen LogP contribution in [0.3, 0.4) is 0 Å². The third-order valence-electron chi connectivity index (χ3n) is 15.0. The lowest BCUT2D eigenvalue weighted by molar-refractivity contribution is 1.04. The maximum absolute atomic E-state index is 5.80. The molecule has 16 rings (SSSR count). The Balaban J connectivity index is 1.31. The molecule has 0 spiro atoms. The first-order chi connectivity index (χ1) is 36.3. The summed E-state index contributed by atoms with van der Waals surface area (Å²) in [5.74, 6) is 0. The molecule has 0 aliphatic carbocycles. The maximum Gasteiger partial charge on any atom is 0.129 e. The van der Waals surface area contributed by atoms with Crippen LogP contribution in [0.15, 0.2) is 243 Å². The molecule has 0 saturated heterocycles. The zero-order valence-electron chi connectivity index (χ0n) is 39.2. The number of benzene rings is 10. The molecule has 6 heterocycles. The second-order valence-electron chi connectivity index (χ2n) is 18.8. The third-order valence-corrected chi connectivity index (χ3v) is 16.1. The van der Waals surface area contributed by atoms with E-state index >= 15 is 0 Å². The molecule has 0 atom stereocenters. The van der Waals surface area contributed by atoms with Crippen LogP contribution in [0, 0.1) is 0 Å². The van der Waals surface area contributed by atoms with E-state index in [0.717, 1.165) is 98.9 Å². The minimum Gasteiger partial charge on any atom is -0.306 e. The van der Waals surface area contributed by atoms with Gasteiger partial charge in [0.2, 0.25) is 0 Å². The molecule has 340 valence electrons. The molecule has 0 fully saturated rings. The van der Waals surface area contributed by atoms with E-state index in [4.69, 9.17) is 9.97 Å². The highest BCUT2D eigenvalue weighted by atomic mass is 32.1. The van der Waals surface area contributed by atoms with Gasteiger partial charge in [0.05, 0.1) is 93.9 Å². The Labute approximate surface area is 422 Å². The Hall–Kier alpha value is -9.56. The lowest BCUT2D eigenvalue weighted by Crippen LogP contribution is -2.16. The van der Waals surface area contributed by atoms with E-state index < -0.39 is 0 Å². The van der Waals surface area contributed by atoms with Gasteiger partial charge in [0, 0.05) is 49.3 Å². The summed E-state index contributed by atoms with van der Waals surface area (Å²) in [5.41, 5.74) is 16.5. The molecule has 0 aliphatic rings. The van der Waals surface area contributed by atoms with Crippen molar-refractivity contribution in [2.45, 2.75) is 0 Å². The summed E-state index contributed by atoms with van der Waals surface area (Å²) < 4.78 is 11.3. The number of para-hydroxylation sites is 9. The third kappa shape index (κ3) is 5.62. The molecule has 0 aliphatic heterocycles. The maximum atomic E-state index is 5.80. The largest absolute Gasteiger partial charge is 0.306 e. The van der Waals surface area contributed by atoms with Gasteiger partial charge in [0.25, 0.3) is 0 Å². The van der Waals surface area contributed by atoms with Crippen LogP contribution in [0.2, 0.25) is 0 Å². The SMILES string of the molecule is c1ccc(-c2c(-n3c4ccccc4c4ccccc43)c(-n3c4ccccc4c4ccccc43)c(-c3nc4ccccc4s3)c(-n3c4ccccc4c4ccccc43)c2-n2c3ccccc3c3ccccc32)nc1.